The highest BCUT2D eigenvalue weighted by Crippen LogP contribution is 2.39. The lowest BCUT2D eigenvalue weighted by molar-refractivity contribution is 0.607. The molecular formula is C12H16ClNOS. The van der Waals surface area contributed by atoms with Crippen LogP contribution in [0.2, 0.25) is 5.02 Å². The lowest BCUT2D eigenvalue weighted by Gasteiger charge is -2.18. The van der Waals surface area contributed by atoms with Crippen molar-refractivity contribution in [2.45, 2.75) is 31.6 Å². The van der Waals surface area contributed by atoms with Gasteiger partial charge < -0.3 is 0 Å². The number of halogens is 1. The molecule has 3 unspecified atom stereocenters. The van der Waals surface area contributed by atoms with Crippen LogP contribution in [0, 0.1) is 0 Å². The lowest BCUT2D eigenvalue weighted by Crippen LogP contribution is -2.27. The summed E-state index contributed by atoms with van der Waals surface area (Å²) in [4.78, 5) is 0. The molecule has 0 saturated carbocycles. The van der Waals surface area contributed by atoms with Crippen LogP contribution in [0.5, 0.6) is 0 Å². The molecule has 0 aliphatic carbocycles. The zero-order valence-electron chi connectivity index (χ0n) is 9.74. The SMILES string of the molecule is CC(C)(C)S(=O)N1CC1c1ccc(Cl)cc1. The molecule has 2 rings (SSSR count). The van der Waals surface area contributed by atoms with Crippen molar-refractivity contribution in [3.05, 3.63) is 34.9 Å². The van der Waals surface area contributed by atoms with E-state index < -0.39 is 11.0 Å². The minimum atomic E-state index is -0.913. The van der Waals surface area contributed by atoms with Crippen LogP contribution in [-0.2, 0) is 11.0 Å². The first-order valence-electron chi connectivity index (χ1n) is 5.34. The summed E-state index contributed by atoms with van der Waals surface area (Å²) >= 11 is 5.83. The van der Waals surface area contributed by atoms with Crippen LogP contribution in [0.25, 0.3) is 0 Å². The van der Waals surface area contributed by atoms with Gasteiger partial charge in [-0.2, -0.15) is 0 Å². The summed E-state index contributed by atoms with van der Waals surface area (Å²) in [5.74, 6) is 0. The number of hydrogen-bond acceptors (Lipinski definition) is 1. The molecule has 0 aromatic heterocycles. The quantitative estimate of drug-likeness (QED) is 0.746. The van der Waals surface area contributed by atoms with Gasteiger partial charge in [0.25, 0.3) is 0 Å². The lowest BCUT2D eigenvalue weighted by atomic mass is 10.2. The number of hydrogen-bond donors (Lipinski definition) is 0. The fraction of sp³-hybridized carbons (Fsp3) is 0.500. The van der Waals surface area contributed by atoms with Crippen LogP contribution in [0.3, 0.4) is 0 Å². The Balaban J connectivity index is 2.07. The van der Waals surface area contributed by atoms with Crippen LogP contribution >= 0.6 is 11.6 Å². The van der Waals surface area contributed by atoms with E-state index >= 15 is 0 Å². The van der Waals surface area contributed by atoms with Crippen molar-refractivity contribution in [1.82, 2.24) is 4.31 Å². The summed E-state index contributed by atoms with van der Waals surface area (Å²) in [6.45, 7) is 6.88. The molecule has 0 bridgehead atoms. The van der Waals surface area contributed by atoms with Gasteiger partial charge in [0.2, 0.25) is 0 Å². The van der Waals surface area contributed by atoms with Crippen molar-refractivity contribution in [2.75, 3.05) is 6.54 Å². The molecular weight excluding hydrogens is 242 g/mol. The molecule has 1 saturated heterocycles. The van der Waals surface area contributed by atoms with Crippen LogP contribution in [0.1, 0.15) is 32.4 Å². The van der Waals surface area contributed by atoms with Gasteiger partial charge in [0.1, 0.15) is 11.0 Å². The van der Waals surface area contributed by atoms with Crippen molar-refractivity contribution in [1.29, 1.82) is 0 Å². The van der Waals surface area contributed by atoms with E-state index in [-0.39, 0.29) is 4.75 Å². The van der Waals surface area contributed by atoms with Gasteiger partial charge in [0, 0.05) is 11.6 Å². The van der Waals surface area contributed by atoms with Crippen LogP contribution in [0.4, 0.5) is 0 Å². The second-order valence-electron chi connectivity index (χ2n) is 5.03. The molecule has 4 heteroatoms. The van der Waals surface area contributed by atoms with Gasteiger partial charge in [0.15, 0.2) is 0 Å². The molecule has 0 N–H and O–H groups in total. The Labute approximate surface area is 104 Å². The molecule has 1 aromatic rings. The van der Waals surface area contributed by atoms with Gasteiger partial charge in [-0.3, -0.25) is 0 Å². The van der Waals surface area contributed by atoms with Gasteiger partial charge in [0.05, 0.1) is 10.8 Å². The molecule has 1 aliphatic rings. The van der Waals surface area contributed by atoms with Gasteiger partial charge in [-0.1, -0.05) is 23.7 Å². The molecule has 0 radical (unpaired) electrons. The Kier molecular flexibility index (Phi) is 3.12. The van der Waals surface area contributed by atoms with Crippen molar-refractivity contribution in [2.24, 2.45) is 0 Å². The molecule has 88 valence electrons. The van der Waals surface area contributed by atoms with Crippen LogP contribution in [0.15, 0.2) is 24.3 Å². The van der Waals surface area contributed by atoms with E-state index in [4.69, 9.17) is 11.6 Å². The van der Waals surface area contributed by atoms with E-state index in [0.29, 0.717) is 6.04 Å². The Bertz CT molecular complexity index is 410. The van der Waals surface area contributed by atoms with Gasteiger partial charge in [-0.15, -0.1) is 0 Å². The first-order valence-corrected chi connectivity index (χ1v) is 6.82. The van der Waals surface area contributed by atoms with Gasteiger partial charge in [-0.05, 0) is 38.5 Å². The molecule has 1 aliphatic heterocycles. The molecule has 1 aromatic carbocycles. The summed E-state index contributed by atoms with van der Waals surface area (Å²) < 4.78 is 13.9. The van der Waals surface area contributed by atoms with Gasteiger partial charge >= 0.3 is 0 Å². The Morgan fingerprint density at radius 3 is 2.38 bits per heavy atom. The molecule has 0 spiro atoms. The summed E-state index contributed by atoms with van der Waals surface area (Å²) in [6.07, 6.45) is 0. The fourth-order valence-corrected chi connectivity index (χ4v) is 3.07. The van der Waals surface area contributed by atoms with E-state index in [1.165, 1.54) is 5.56 Å². The number of benzene rings is 1. The zero-order chi connectivity index (χ0) is 11.9. The van der Waals surface area contributed by atoms with E-state index in [1.807, 2.05) is 49.3 Å². The van der Waals surface area contributed by atoms with E-state index in [2.05, 4.69) is 0 Å². The van der Waals surface area contributed by atoms with E-state index in [1.54, 1.807) is 0 Å². The molecule has 0 amide bonds. The highest BCUT2D eigenvalue weighted by molar-refractivity contribution is 7.84. The Hall–Kier alpha value is -0.380. The summed E-state index contributed by atoms with van der Waals surface area (Å²) in [5, 5.41) is 0.743. The van der Waals surface area contributed by atoms with Crippen molar-refractivity contribution in [3.8, 4) is 0 Å². The first-order chi connectivity index (χ1) is 7.39. The standard InChI is InChI=1S/C12H16ClNOS/c1-12(2,3)16(15)14-8-11(14)9-4-6-10(13)7-5-9/h4-7,11H,8H2,1-3H3. The first kappa shape index (κ1) is 12.1. The van der Waals surface area contributed by atoms with Crippen molar-refractivity contribution < 1.29 is 4.21 Å². The minimum Gasteiger partial charge on any atom is -0.242 e. The fourth-order valence-electron chi connectivity index (χ4n) is 1.61. The average Bonchev–Trinajstić information content (AvgIpc) is 2.96. The van der Waals surface area contributed by atoms with E-state index in [0.717, 1.165) is 11.6 Å². The van der Waals surface area contributed by atoms with Gasteiger partial charge in [-0.25, -0.2) is 8.51 Å². The Morgan fingerprint density at radius 2 is 1.88 bits per heavy atom. The molecule has 3 atom stereocenters. The highest BCUT2D eigenvalue weighted by atomic mass is 35.5. The topological polar surface area (TPSA) is 20.1 Å². The summed E-state index contributed by atoms with van der Waals surface area (Å²) in [7, 11) is -0.913. The third-order valence-electron chi connectivity index (χ3n) is 2.56. The molecule has 1 heterocycles. The predicted molar refractivity (Wildman–Crippen MR) is 68.8 cm³/mol. The smallest absolute Gasteiger partial charge is 0.100 e. The van der Waals surface area contributed by atoms with E-state index in [9.17, 15) is 4.21 Å². The number of nitrogens with zero attached hydrogens (tertiary/aromatic N) is 1. The minimum absolute atomic E-state index is 0.179. The third kappa shape index (κ3) is 2.47. The monoisotopic (exact) mass is 257 g/mol. The molecule has 16 heavy (non-hydrogen) atoms. The molecule has 1 fully saturated rings. The molecule has 2 nitrogen and oxygen atoms in total. The Morgan fingerprint density at radius 1 is 1.31 bits per heavy atom. The average molecular weight is 258 g/mol. The normalized spacial score (nSPS) is 26.5. The summed E-state index contributed by atoms with van der Waals surface area (Å²) in [6, 6.07) is 8.08. The maximum absolute atomic E-state index is 12.1. The maximum atomic E-state index is 12.1. The van der Waals surface area contributed by atoms with Crippen molar-refractivity contribution >= 4 is 22.6 Å². The second kappa shape index (κ2) is 4.13. The summed E-state index contributed by atoms with van der Waals surface area (Å²) in [5.41, 5.74) is 1.20. The second-order valence-corrected chi connectivity index (χ2v) is 7.66. The van der Waals surface area contributed by atoms with Crippen molar-refractivity contribution in [3.63, 3.8) is 0 Å². The van der Waals surface area contributed by atoms with Crippen LogP contribution < -0.4 is 0 Å². The maximum Gasteiger partial charge on any atom is 0.100 e. The third-order valence-corrected chi connectivity index (χ3v) is 4.69. The number of rotatable bonds is 2. The zero-order valence-corrected chi connectivity index (χ0v) is 11.3. The predicted octanol–water partition coefficient (Wildman–Crippen LogP) is 3.16. The van der Waals surface area contributed by atoms with Crippen LogP contribution in [-0.4, -0.2) is 19.8 Å². The highest BCUT2D eigenvalue weighted by Gasteiger charge is 2.43. The largest absolute Gasteiger partial charge is 0.242 e.